The standard InChI is InChI=1S/C23H16ClN3OS/c24-19-7-3-2-6-17(19)18-14-29-21-13-25-27(23(28)22(18)21)12-11-16-10-9-15-5-1-4-8-20(15)26-16/h1-10,13-14H,11-12H2. The molecule has 0 spiro atoms. The van der Waals surface area contributed by atoms with E-state index >= 15 is 0 Å². The Bertz CT molecular complexity index is 1410. The van der Waals surface area contributed by atoms with E-state index in [1.54, 1.807) is 6.20 Å². The molecule has 0 saturated heterocycles. The van der Waals surface area contributed by atoms with Crippen LogP contribution in [0.5, 0.6) is 0 Å². The van der Waals surface area contributed by atoms with Gasteiger partial charge in [-0.1, -0.05) is 54.1 Å². The molecule has 29 heavy (non-hydrogen) atoms. The first-order valence-electron chi connectivity index (χ1n) is 9.27. The number of hydrogen-bond acceptors (Lipinski definition) is 4. The largest absolute Gasteiger partial charge is 0.276 e. The Morgan fingerprint density at radius 3 is 2.69 bits per heavy atom. The molecule has 5 aromatic rings. The number of para-hydroxylation sites is 1. The minimum absolute atomic E-state index is 0.0977. The Morgan fingerprint density at radius 1 is 0.966 bits per heavy atom. The minimum Gasteiger partial charge on any atom is -0.267 e. The minimum atomic E-state index is -0.0977. The van der Waals surface area contributed by atoms with Crippen molar-refractivity contribution in [3.63, 3.8) is 0 Å². The molecule has 0 bridgehead atoms. The second kappa shape index (κ2) is 7.43. The lowest BCUT2D eigenvalue weighted by molar-refractivity contribution is 0.580. The van der Waals surface area contributed by atoms with Gasteiger partial charge in [-0.2, -0.15) is 5.10 Å². The molecule has 142 valence electrons. The summed E-state index contributed by atoms with van der Waals surface area (Å²) in [6.45, 7) is 0.470. The van der Waals surface area contributed by atoms with E-state index in [0.717, 1.165) is 32.4 Å². The van der Waals surface area contributed by atoms with Gasteiger partial charge in [-0.3, -0.25) is 9.78 Å². The lowest BCUT2D eigenvalue weighted by atomic mass is 10.1. The fourth-order valence-corrected chi connectivity index (χ4v) is 4.65. The molecule has 3 aromatic heterocycles. The van der Waals surface area contributed by atoms with E-state index in [2.05, 4.69) is 11.2 Å². The van der Waals surface area contributed by atoms with E-state index in [1.807, 2.05) is 60.0 Å². The first-order chi connectivity index (χ1) is 14.2. The summed E-state index contributed by atoms with van der Waals surface area (Å²) < 4.78 is 2.39. The fourth-order valence-electron chi connectivity index (χ4n) is 3.50. The molecule has 0 fully saturated rings. The van der Waals surface area contributed by atoms with Crippen LogP contribution in [0.4, 0.5) is 0 Å². The summed E-state index contributed by atoms with van der Waals surface area (Å²) in [5.41, 5.74) is 3.53. The Hall–Kier alpha value is -3.02. The summed E-state index contributed by atoms with van der Waals surface area (Å²) >= 11 is 7.88. The molecule has 2 aromatic carbocycles. The number of rotatable bonds is 4. The van der Waals surface area contributed by atoms with Crippen LogP contribution < -0.4 is 5.56 Å². The molecular formula is C23H16ClN3OS. The molecule has 3 heterocycles. The molecule has 5 rings (SSSR count). The molecule has 0 aliphatic rings. The van der Waals surface area contributed by atoms with Crippen LogP contribution in [-0.2, 0) is 13.0 Å². The average Bonchev–Trinajstić information content (AvgIpc) is 3.18. The van der Waals surface area contributed by atoms with Crippen LogP contribution in [0.25, 0.3) is 32.1 Å². The van der Waals surface area contributed by atoms with Crippen LogP contribution in [-0.4, -0.2) is 14.8 Å². The lowest BCUT2D eigenvalue weighted by Gasteiger charge is -2.07. The molecule has 0 radical (unpaired) electrons. The highest BCUT2D eigenvalue weighted by Crippen LogP contribution is 2.35. The van der Waals surface area contributed by atoms with Gasteiger partial charge in [-0.05, 0) is 18.2 Å². The van der Waals surface area contributed by atoms with E-state index in [9.17, 15) is 4.79 Å². The monoisotopic (exact) mass is 417 g/mol. The van der Waals surface area contributed by atoms with Gasteiger partial charge < -0.3 is 0 Å². The molecular weight excluding hydrogens is 402 g/mol. The number of thiophene rings is 1. The van der Waals surface area contributed by atoms with Crippen molar-refractivity contribution >= 4 is 43.9 Å². The number of hydrogen-bond donors (Lipinski definition) is 0. The molecule has 6 heteroatoms. The second-order valence-electron chi connectivity index (χ2n) is 6.79. The Labute approximate surface area is 176 Å². The maximum Gasteiger partial charge on any atom is 0.276 e. The van der Waals surface area contributed by atoms with E-state index in [1.165, 1.54) is 16.0 Å². The van der Waals surface area contributed by atoms with Crippen molar-refractivity contribution in [2.24, 2.45) is 0 Å². The topological polar surface area (TPSA) is 47.8 Å². The fraction of sp³-hybridized carbons (Fsp3) is 0.0870. The van der Waals surface area contributed by atoms with Crippen molar-refractivity contribution in [3.8, 4) is 11.1 Å². The van der Waals surface area contributed by atoms with Crippen molar-refractivity contribution in [2.75, 3.05) is 0 Å². The third-order valence-electron chi connectivity index (χ3n) is 4.98. The summed E-state index contributed by atoms with van der Waals surface area (Å²) in [5, 5.41) is 8.76. The van der Waals surface area contributed by atoms with E-state index < -0.39 is 0 Å². The van der Waals surface area contributed by atoms with Gasteiger partial charge in [0.25, 0.3) is 5.56 Å². The number of aromatic nitrogens is 3. The third-order valence-corrected chi connectivity index (χ3v) is 6.23. The number of halogens is 1. The van der Waals surface area contributed by atoms with E-state index in [4.69, 9.17) is 16.6 Å². The summed E-state index contributed by atoms with van der Waals surface area (Å²) in [6, 6.07) is 19.7. The molecule has 0 saturated carbocycles. The quantitative estimate of drug-likeness (QED) is 0.384. The van der Waals surface area contributed by atoms with Crippen LogP contribution in [0.2, 0.25) is 5.02 Å². The second-order valence-corrected chi connectivity index (χ2v) is 8.11. The van der Waals surface area contributed by atoms with Crippen molar-refractivity contribution in [1.82, 2.24) is 14.8 Å². The molecule has 0 atom stereocenters. The smallest absolute Gasteiger partial charge is 0.267 e. The van der Waals surface area contributed by atoms with Gasteiger partial charge in [-0.15, -0.1) is 11.3 Å². The van der Waals surface area contributed by atoms with Gasteiger partial charge in [0.2, 0.25) is 0 Å². The Morgan fingerprint density at radius 2 is 1.79 bits per heavy atom. The van der Waals surface area contributed by atoms with E-state index in [0.29, 0.717) is 23.4 Å². The first kappa shape index (κ1) is 18.0. The zero-order valence-electron chi connectivity index (χ0n) is 15.4. The van der Waals surface area contributed by atoms with Gasteiger partial charge >= 0.3 is 0 Å². The molecule has 0 aliphatic carbocycles. The number of fused-ring (bicyclic) bond motifs is 2. The molecule has 0 unspecified atom stereocenters. The van der Waals surface area contributed by atoms with Crippen molar-refractivity contribution < 1.29 is 0 Å². The molecule has 0 amide bonds. The van der Waals surface area contributed by atoms with E-state index in [-0.39, 0.29) is 5.56 Å². The zero-order chi connectivity index (χ0) is 19.8. The maximum atomic E-state index is 13.2. The van der Waals surface area contributed by atoms with Crippen molar-refractivity contribution in [3.05, 3.63) is 93.3 Å². The van der Waals surface area contributed by atoms with Crippen LogP contribution in [0.3, 0.4) is 0 Å². The highest BCUT2D eigenvalue weighted by molar-refractivity contribution is 7.17. The van der Waals surface area contributed by atoms with Crippen LogP contribution in [0, 0.1) is 0 Å². The predicted octanol–water partition coefficient (Wildman–Crippen LogP) is 5.57. The average molecular weight is 418 g/mol. The van der Waals surface area contributed by atoms with Crippen LogP contribution in [0.15, 0.2) is 77.0 Å². The first-order valence-corrected chi connectivity index (χ1v) is 10.5. The lowest BCUT2D eigenvalue weighted by Crippen LogP contribution is -2.23. The number of pyridine rings is 1. The summed E-state index contributed by atoms with van der Waals surface area (Å²) in [4.78, 5) is 17.9. The number of benzene rings is 2. The molecule has 0 aliphatic heterocycles. The normalized spacial score (nSPS) is 11.3. The Kier molecular flexibility index (Phi) is 4.62. The van der Waals surface area contributed by atoms with Gasteiger partial charge in [0.15, 0.2) is 0 Å². The predicted molar refractivity (Wildman–Crippen MR) is 120 cm³/mol. The van der Waals surface area contributed by atoms with Gasteiger partial charge in [0.1, 0.15) is 0 Å². The summed E-state index contributed by atoms with van der Waals surface area (Å²) in [5.74, 6) is 0. The third kappa shape index (κ3) is 3.33. The highest BCUT2D eigenvalue weighted by atomic mass is 35.5. The van der Waals surface area contributed by atoms with Crippen LogP contribution >= 0.6 is 22.9 Å². The van der Waals surface area contributed by atoms with Gasteiger partial charge in [0, 0.05) is 39.0 Å². The van der Waals surface area contributed by atoms with Crippen LogP contribution in [0.1, 0.15) is 5.69 Å². The van der Waals surface area contributed by atoms with Gasteiger partial charge in [-0.25, -0.2) is 4.68 Å². The highest BCUT2D eigenvalue weighted by Gasteiger charge is 2.15. The van der Waals surface area contributed by atoms with Crippen molar-refractivity contribution in [2.45, 2.75) is 13.0 Å². The summed E-state index contributed by atoms with van der Waals surface area (Å²) in [7, 11) is 0. The summed E-state index contributed by atoms with van der Waals surface area (Å²) in [6.07, 6.45) is 2.39. The molecule has 4 nitrogen and oxygen atoms in total. The van der Waals surface area contributed by atoms with Gasteiger partial charge in [0.05, 0.1) is 28.3 Å². The number of nitrogens with zero attached hydrogens (tertiary/aromatic N) is 3. The maximum absolute atomic E-state index is 13.2. The number of aryl methyl sites for hydroxylation is 2. The van der Waals surface area contributed by atoms with Crippen molar-refractivity contribution in [1.29, 1.82) is 0 Å². The molecule has 0 N–H and O–H groups in total. The zero-order valence-corrected chi connectivity index (χ0v) is 17.0. The SMILES string of the molecule is O=c1c2c(-c3ccccc3Cl)csc2cnn1CCc1ccc2ccccc2n1. The Balaban J connectivity index is 1.50.